The van der Waals surface area contributed by atoms with E-state index in [1.54, 1.807) is 32.9 Å². The summed E-state index contributed by atoms with van der Waals surface area (Å²) in [5.41, 5.74) is 8.05. The quantitative estimate of drug-likeness (QED) is 0.142. The minimum absolute atomic E-state index is 0.0644. The number of hydrogen-bond donors (Lipinski definition) is 3. The Labute approximate surface area is 257 Å². The van der Waals surface area contributed by atoms with E-state index in [0.29, 0.717) is 22.0 Å². The van der Waals surface area contributed by atoms with E-state index in [4.69, 9.17) is 19.9 Å². The predicted octanol–water partition coefficient (Wildman–Crippen LogP) is 4.35. The largest absolute Gasteiger partial charge is 0.467 e. The van der Waals surface area contributed by atoms with Gasteiger partial charge in [0.15, 0.2) is 0 Å². The van der Waals surface area contributed by atoms with Gasteiger partial charge in [0.05, 0.1) is 18.4 Å². The third kappa shape index (κ3) is 12.1. The van der Waals surface area contributed by atoms with Gasteiger partial charge in [0.2, 0.25) is 11.9 Å². The molecule has 0 aliphatic rings. The van der Waals surface area contributed by atoms with Crippen LogP contribution in [0.15, 0.2) is 23.2 Å². The Morgan fingerprint density at radius 3 is 2.21 bits per heavy atom. The molecule has 2 aromatic rings. The smallest absolute Gasteiger partial charge is 0.408 e. The Morgan fingerprint density at radius 2 is 1.60 bits per heavy atom. The summed E-state index contributed by atoms with van der Waals surface area (Å²) in [7, 11) is 1.22. The Bertz CT molecular complexity index is 1340. The zero-order valence-electron chi connectivity index (χ0n) is 26.4. The first-order valence-corrected chi connectivity index (χ1v) is 14.8. The van der Waals surface area contributed by atoms with Crippen LogP contribution in [-0.4, -0.2) is 70.6 Å². The highest BCUT2D eigenvalue weighted by Gasteiger charge is 2.25. The zero-order valence-corrected chi connectivity index (χ0v) is 27.2. The van der Waals surface area contributed by atoms with Crippen LogP contribution in [0.4, 0.5) is 10.7 Å². The number of hydrogen-bond acceptors (Lipinski definition) is 11. The highest BCUT2D eigenvalue weighted by atomic mass is 32.2. The number of amides is 2. The molecule has 0 aliphatic carbocycles. The number of nitrogen functional groups attached to an aromatic ring is 1. The number of rotatable bonds is 11. The number of nitrogens with zero attached hydrogens (tertiary/aromatic N) is 2. The number of benzene rings is 1. The fraction of sp³-hybridized carbons (Fsp3) is 0.533. The van der Waals surface area contributed by atoms with E-state index < -0.39 is 35.3 Å². The van der Waals surface area contributed by atoms with Gasteiger partial charge in [0.1, 0.15) is 22.3 Å². The summed E-state index contributed by atoms with van der Waals surface area (Å²) in [6.45, 7) is 14.5. The molecule has 0 spiro atoms. The molecule has 12 nitrogen and oxygen atoms in total. The maximum Gasteiger partial charge on any atom is 0.408 e. The average molecular weight is 618 g/mol. The number of thioether (sulfide) groups is 1. The summed E-state index contributed by atoms with van der Waals surface area (Å²) in [6.07, 6.45) is -0.466. The maximum atomic E-state index is 12.8. The van der Waals surface area contributed by atoms with Crippen LogP contribution >= 0.6 is 11.8 Å². The lowest BCUT2D eigenvalue weighted by Crippen LogP contribution is -2.45. The second kappa shape index (κ2) is 15.0. The molecule has 0 fully saturated rings. The Balaban J connectivity index is 2.00. The first-order valence-electron chi connectivity index (χ1n) is 13.8. The first kappa shape index (κ1) is 35.3. The number of anilines is 1. The van der Waals surface area contributed by atoms with E-state index >= 15 is 0 Å². The number of nitrogens with one attached hydrogen (secondary N) is 2. The van der Waals surface area contributed by atoms with Crippen LogP contribution < -0.4 is 16.4 Å². The molecular formula is C30H43N5O7S. The number of methoxy groups -OCH3 is 1. The predicted molar refractivity (Wildman–Crippen MR) is 165 cm³/mol. The van der Waals surface area contributed by atoms with Crippen molar-refractivity contribution < 1.29 is 33.4 Å². The second-order valence-corrected chi connectivity index (χ2v) is 13.0. The van der Waals surface area contributed by atoms with Gasteiger partial charge in [-0.05, 0) is 85.1 Å². The molecule has 1 unspecified atom stereocenters. The van der Waals surface area contributed by atoms with Crippen LogP contribution in [-0.2, 0) is 23.8 Å². The molecule has 0 saturated carbocycles. The van der Waals surface area contributed by atoms with Gasteiger partial charge in [-0.1, -0.05) is 6.07 Å². The number of ether oxygens (including phenoxy) is 3. The van der Waals surface area contributed by atoms with Crippen LogP contribution in [0.1, 0.15) is 75.9 Å². The number of esters is 2. The lowest BCUT2D eigenvalue weighted by Gasteiger charge is -2.22. The normalized spacial score (nSPS) is 12.2. The molecule has 4 N–H and O–H groups in total. The number of aromatic nitrogens is 2. The Morgan fingerprint density at radius 1 is 0.953 bits per heavy atom. The number of carbonyl (C=O) groups excluding carboxylic acids is 4. The molecule has 1 aromatic carbocycles. The van der Waals surface area contributed by atoms with Crippen LogP contribution in [0.25, 0.3) is 11.3 Å². The molecule has 2 rings (SSSR count). The SMILES string of the molecule is COC(=O)C(CCNC(=O)CCSc1cc(-c2cc(C(=O)OC(C)(C)C)c(C)cc2C)nc(N)n1)NC(=O)OC(C)(C)C. The summed E-state index contributed by atoms with van der Waals surface area (Å²) >= 11 is 1.33. The average Bonchev–Trinajstić information content (AvgIpc) is 2.85. The zero-order chi connectivity index (χ0) is 32.5. The lowest BCUT2D eigenvalue weighted by molar-refractivity contribution is -0.143. The van der Waals surface area contributed by atoms with Crippen LogP contribution in [0.5, 0.6) is 0 Å². The highest BCUT2D eigenvalue weighted by Crippen LogP contribution is 2.29. The summed E-state index contributed by atoms with van der Waals surface area (Å²) < 4.78 is 15.5. The molecule has 236 valence electrons. The molecule has 13 heteroatoms. The third-order valence-corrected chi connectivity index (χ3v) is 6.61. The van der Waals surface area contributed by atoms with Gasteiger partial charge in [-0.25, -0.2) is 24.4 Å². The van der Waals surface area contributed by atoms with Crippen molar-refractivity contribution in [2.24, 2.45) is 0 Å². The molecule has 1 heterocycles. The van der Waals surface area contributed by atoms with E-state index in [9.17, 15) is 19.2 Å². The Hall–Kier alpha value is -3.87. The number of alkyl carbamates (subject to hydrolysis) is 1. The third-order valence-electron chi connectivity index (χ3n) is 5.70. The molecule has 1 atom stereocenters. The van der Waals surface area contributed by atoms with Crippen LogP contribution in [0.2, 0.25) is 0 Å². The van der Waals surface area contributed by atoms with Gasteiger partial charge < -0.3 is 30.6 Å². The first-order chi connectivity index (χ1) is 19.9. The number of carbonyl (C=O) groups is 4. The molecule has 0 saturated heterocycles. The summed E-state index contributed by atoms with van der Waals surface area (Å²) in [6, 6.07) is 4.44. The fourth-order valence-electron chi connectivity index (χ4n) is 3.87. The standard InChI is InChI=1S/C30H43N5O7S/c1-17-14-18(2)20(25(37)41-29(3,4)5)15-19(17)22-16-24(35-27(31)33-22)43-13-11-23(36)32-12-10-21(26(38)40-9)34-28(39)42-30(6,7)8/h14-16,21H,10-13H2,1-9H3,(H,32,36)(H,34,39)(H2,31,33,35). The summed E-state index contributed by atoms with van der Waals surface area (Å²) in [5.74, 6) is -0.849. The van der Waals surface area contributed by atoms with E-state index in [0.717, 1.165) is 16.7 Å². The lowest BCUT2D eigenvalue weighted by atomic mass is 9.97. The molecule has 0 radical (unpaired) electrons. The monoisotopic (exact) mass is 617 g/mol. The van der Waals surface area contributed by atoms with Crippen molar-refractivity contribution in [2.45, 2.75) is 90.5 Å². The van der Waals surface area contributed by atoms with Crippen molar-refractivity contribution in [3.63, 3.8) is 0 Å². The van der Waals surface area contributed by atoms with Gasteiger partial charge >= 0.3 is 18.0 Å². The van der Waals surface area contributed by atoms with Crippen molar-refractivity contribution in [3.05, 3.63) is 34.9 Å². The molecule has 0 bridgehead atoms. The molecular weight excluding hydrogens is 574 g/mol. The van der Waals surface area contributed by atoms with Gasteiger partial charge in [0, 0.05) is 24.3 Å². The second-order valence-electron chi connectivity index (χ2n) is 11.9. The molecule has 2 amide bonds. The van der Waals surface area contributed by atoms with E-state index in [1.165, 1.54) is 18.9 Å². The van der Waals surface area contributed by atoms with Crippen molar-refractivity contribution in [3.8, 4) is 11.3 Å². The topological polar surface area (TPSA) is 172 Å². The van der Waals surface area contributed by atoms with Gasteiger partial charge in [0.25, 0.3) is 0 Å². The van der Waals surface area contributed by atoms with Crippen LogP contribution in [0.3, 0.4) is 0 Å². The van der Waals surface area contributed by atoms with E-state index in [-0.39, 0.29) is 31.2 Å². The maximum absolute atomic E-state index is 12.8. The van der Waals surface area contributed by atoms with Crippen molar-refractivity contribution >= 4 is 41.6 Å². The van der Waals surface area contributed by atoms with E-state index in [2.05, 4.69) is 20.6 Å². The molecule has 1 aromatic heterocycles. The van der Waals surface area contributed by atoms with Gasteiger partial charge in [-0.15, -0.1) is 11.8 Å². The minimum atomic E-state index is -0.974. The summed E-state index contributed by atoms with van der Waals surface area (Å²) in [4.78, 5) is 58.0. The fourth-order valence-corrected chi connectivity index (χ4v) is 4.72. The van der Waals surface area contributed by atoms with Gasteiger partial charge in [-0.3, -0.25) is 4.79 Å². The minimum Gasteiger partial charge on any atom is -0.467 e. The van der Waals surface area contributed by atoms with E-state index in [1.807, 2.05) is 40.7 Å². The van der Waals surface area contributed by atoms with Crippen molar-refractivity contribution in [1.82, 2.24) is 20.6 Å². The van der Waals surface area contributed by atoms with Crippen molar-refractivity contribution in [1.29, 1.82) is 0 Å². The number of aryl methyl sites for hydroxylation is 2. The summed E-state index contributed by atoms with van der Waals surface area (Å²) in [5, 5.41) is 5.78. The number of nitrogens with two attached hydrogens (primary N) is 1. The Kier molecular flexibility index (Phi) is 12.4. The highest BCUT2D eigenvalue weighted by molar-refractivity contribution is 7.99. The van der Waals surface area contributed by atoms with Crippen LogP contribution in [0, 0.1) is 13.8 Å². The van der Waals surface area contributed by atoms with Gasteiger partial charge in [-0.2, -0.15) is 0 Å². The molecule has 43 heavy (non-hydrogen) atoms. The molecule has 0 aliphatic heterocycles. The van der Waals surface area contributed by atoms with Crippen molar-refractivity contribution in [2.75, 3.05) is 25.1 Å².